The molecule has 1 saturated heterocycles. The Morgan fingerprint density at radius 2 is 2.38 bits per heavy atom. The highest BCUT2D eigenvalue weighted by Crippen LogP contribution is 2.25. The quantitative estimate of drug-likeness (QED) is 0.662. The Labute approximate surface area is 80.3 Å². The van der Waals surface area contributed by atoms with Gasteiger partial charge in [-0.2, -0.15) is 5.26 Å². The normalized spacial score (nSPS) is 31.5. The molecule has 74 valence electrons. The van der Waals surface area contributed by atoms with Crippen molar-refractivity contribution in [1.82, 2.24) is 4.90 Å². The Morgan fingerprint density at radius 3 is 2.85 bits per heavy atom. The molecule has 1 aliphatic rings. The monoisotopic (exact) mass is 182 g/mol. The largest absolute Gasteiger partial charge is 0.377 e. The first kappa shape index (κ1) is 10.5. The zero-order valence-corrected chi connectivity index (χ0v) is 8.71. The zero-order chi connectivity index (χ0) is 9.90. The lowest BCUT2D eigenvalue weighted by Gasteiger charge is -2.25. The van der Waals surface area contributed by atoms with Gasteiger partial charge in [0.2, 0.25) is 0 Å². The number of ether oxygens (including phenoxy) is 1. The van der Waals surface area contributed by atoms with E-state index in [-0.39, 0.29) is 5.60 Å². The van der Waals surface area contributed by atoms with E-state index in [4.69, 9.17) is 10.00 Å². The minimum atomic E-state index is 0.00369. The van der Waals surface area contributed by atoms with E-state index in [2.05, 4.69) is 24.8 Å². The van der Waals surface area contributed by atoms with E-state index >= 15 is 0 Å². The van der Waals surface area contributed by atoms with Gasteiger partial charge >= 0.3 is 0 Å². The third-order valence-corrected chi connectivity index (χ3v) is 2.97. The number of likely N-dealkylation sites (tertiary alicyclic amines) is 1. The lowest BCUT2D eigenvalue weighted by atomic mass is 10.1. The van der Waals surface area contributed by atoms with Crippen molar-refractivity contribution in [3.05, 3.63) is 0 Å². The van der Waals surface area contributed by atoms with Crippen LogP contribution in [-0.4, -0.2) is 36.7 Å². The fraction of sp³-hybridized carbons (Fsp3) is 0.900. The molecule has 0 aromatic heterocycles. The molecule has 2 atom stereocenters. The summed E-state index contributed by atoms with van der Waals surface area (Å²) in [4.78, 5) is 2.33. The van der Waals surface area contributed by atoms with Crippen LogP contribution in [0.3, 0.4) is 0 Å². The molecule has 0 radical (unpaired) electrons. The summed E-state index contributed by atoms with van der Waals surface area (Å²) in [5.74, 6) is 0. The summed E-state index contributed by atoms with van der Waals surface area (Å²) < 4.78 is 5.43. The molecule has 2 unspecified atom stereocenters. The van der Waals surface area contributed by atoms with Gasteiger partial charge < -0.3 is 4.74 Å². The van der Waals surface area contributed by atoms with Crippen LogP contribution in [-0.2, 0) is 4.74 Å². The Hall–Kier alpha value is -0.590. The maximum Gasteiger partial charge on any atom is 0.0789 e. The topological polar surface area (TPSA) is 36.3 Å². The summed E-state index contributed by atoms with van der Waals surface area (Å²) in [6.45, 7) is 6.23. The van der Waals surface area contributed by atoms with Gasteiger partial charge in [-0.15, -0.1) is 0 Å². The lowest BCUT2D eigenvalue weighted by Crippen LogP contribution is -2.36. The predicted octanol–water partition coefficient (Wildman–Crippen LogP) is 1.40. The Kier molecular flexibility index (Phi) is 3.29. The van der Waals surface area contributed by atoms with Crippen LogP contribution in [0.1, 0.15) is 26.7 Å². The fourth-order valence-corrected chi connectivity index (χ4v) is 1.77. The number of nitriles is 1. The first-order valence-electron chi connectivity index (χ1n) is 4.77. The maximum atomic E-state index is 8.58. The van der Waals surface area contributed by atoms with Gasteiger partial charge in [0.15, 0.2) is 0 Å². The molecule has 3 heteroatoms. The van der Waals surface area contributed by atoms with Crippen molar-refractivity contribution in [3.63, 3.8) is 0 Å². The molecule has 0 aromatic carbocycles. The Morgan fingerprint density at radius 1 is 1.69 bits per heavy atom. The van der Waals surface area contributed by atoms with Gasteiger partial charge in [-0.1, -0.05) is 0 Å². The molecule has 1 aliphatic heterocycles. The van der Waals surface area contributed by atoms with Gasteiger partial charge in [0.1, 0.15) is 0 Å². The van der Waals surface area contributed by atoms with Crippen LogP contribution in [0.2, 0.25) is 0 Å². The van der Waals surface area contributed by atoms with Crippen molar-refractivity contribution in [2.75, 3.05) is 20.2 Å². The SMILES string of the molecule is COC1(C)CCN(C(C)CC#N)C1. The molecule has 0 aliphatic carbocycles. The molecular formula is C10H18N2O. The summed E-state index contributed by atoms with van der Waals surface area (Å²) in [5, 5.41) is 8.58. The number of rotatable bonds is 3. The number of hydrogen-bond donors (Lipinski definition) is 0. The summed E-state index contributed by atoms with van der Waals surface area (Å²) in [6.07, 6.45) is 1.68. The fourth-order valence-electron chi connectivity index (χ4n) is 1.77. The Bertz CT molecular complexity index is 211. The highest BCUT2D eigenvalue weighted by Gasteiger charge is 2.35. The molecule has 1 rings (SSSR count). The van der Waals surface area contributed by atoms with Gasteiger partial charge in [-0.25, -0.2) is 0 Å². The van der Waals surface area contributed by atoms with E-state index in [0.29, 0.717) is 12.5 Å². The maximum absolute atomic E-state index is 8.58. The van der Waals surface area contributed by atoms with Crippen molar-refractivity contribution in [3.8, 4) is 6.07 Å². The van der Waals surface area contributed by atoms with Crippen LogP contribution in [0.4, 0.5) is 0 Å². The van der Waals surface area contributed by atoms with Crippen molar-refractivity contribution >= 4 is 0 Å². The Balaban J connectivity index is 2.45. The van der Waals surface area contributed by atoms with E-state index in [0.717, 1.165) is 19.5 Å². The van der Waals surface area contributed by atoms with Crippen LogP contribution in [0.15, 0.2) is 0 Å². The number of methoxy groups -OCH3 is 1. The summed E-state index contributed by atoms with van der Waals surface area (Å²) in [7, 11) is 1.76. The molecule has 0 bridgehead atoms. The average Bonchev–Trinajstić information content (AvgIpc) is 2.50. The molecule has 3 nitrogen and oxygen atoms in total. The van der Waals surface area contributed by atoms with Gasteiger partial charge in [-0.3, -0.25) is 4.90 Å². The average molecular weight is 182 g/mol. The van der Waals surface area contributed by atoms with E-state index in [1.165, 1.54) is 0 Å². The first-order chi connectivity index (χ1) is 6.11. The smallest absolute Gasteiger partial charge is 0.0789 e. The molecule has 0 aromatic rings. The van der Waals surface area contributed by atoms with Crippen LogP contribution in [0.25, 0.3) is 0 Å². The molecule has 0 saturated carbocycles. The van der Waals surface area contributed by atoms with Crippen LogP contribution in [0.5, 0.6) is 0 Å². The minimum absolute atomic E-state index is 0.00369. The van der Waals surface area contributed by atoms with E-state index in [1.54, 1.807) is 7.11 Å². The van der Waals surface area contributed by atoms with Gasteiger partial charge in [0, 0.05) is 26.2 Å². The van der Waals surface area contributed by atoms with Crippen LogP contribution in [0, 0.1) is 11.3 Å². The van der Waals surface area contributed by atoms with Gasteiger partial charge in [-0.05, 0) is 20.3 Å². The zero-order valence-electron chi connectivity index (χ0n) is 8.71. The summed E-state index contributed by atoms with van der Waals surface area (Å²) >= 11 is 0. The number of hydrogen-bond acceptors (Lipinski definition) is 3. The highest BCUT2D eigenvalue weighted by molar-refractivity contribution is 4.91. The van der Waals surface area contributed by atoms with Crippen molar-refractivity contribution in [1.29, 1.82) is 5.26 Å². The van der Waals surface area contributed by atoms with Crippen molar-refractivity contribution in [2.45, 2.75) is 38.3 Å². The minimum Gasteiger partial charge on any atom is -0.377 e. The summed E-state index contributed by atoms with van der Waals surface area (Å²) in [5.41, 5.74) is 0.00369. The second kappa shape index (κ2) is 4.08. The van der Waals surface area contributed by atoms with Gasteiger partial charge in [0.25, 0.3) is 0 Å². The van der Waals surface area contributed by atoms with Gasteiger partial charge in [0.05, 0.1) is 18.1 Å². The molecule has 1 heterocycles. The highest BCUT2D eigenvalue weighted by atomic mass is 16.5. The predicted molar refractivity (Wildman–Crippen MR) is 51.3 cm³/mol. The second-order valence-electron chi connectivity index (χ2n) is 4.09. The first-order valence-corrected chi connectivity index (χ1v) is 4.77. The van der Waals surface area contributed by atoms with E-state index < -0.39 is 0 Å². The van der Waals surface area contributed by atoms with E-state index in [9.17, 15) is 0 Å². The molecule has 0 spiro atoms. The van der Waals surface area contributed by atoms with E-state index in [1.807, 2.05) is 0 Å². The third kappa shape index (κ3) is 2.43. The van der Waals surface area contributed by atoms with Crippen LogP contribution < -0.4 is 0 Å². The molecule has 0 amide bonds. The molecule has 1 fully saturated rings. The van der Waals surface area contributed by atoms with Crippen molar-refractivity contribution < 1.29 is 4.74 Å². The third-order valence-electron chi connectivity index (χ3n) is 2.97. The van der Waals surface area contributed by atoms with Crippen molar-refractivity contribution in [2.24, 2.45) is 0 Å². The molecular weight excluding hydrogens is 164 g/mol. The van der Waals surface area contributed by atoms with Crippen LogP contribution >= 0.6 is 0 Å². The lowest BCUT2D eigenvalue weighted by molar-refractivity contribution is 0.0119. The summed E-state index contributed by atoms with van der Waals surface area (Å²) in [6, 6.07) is 2.57. The molecule has 13 heavy (non-hydrogen) atoms. The number of nitrogens with zero attached hydrogens (tertiary/aromatic N) is 2. The standard InChI is InChI=1S/C10H18N2O/c1-9(4-6-11)12-7-5-10(2,8-12)13-3/h9H,4-5,7-8H2,1-3H3. The molecule has 0 N–H and O–H groups in total. The second-order valence-corrected chi connectivity index (χ2v) is 4.09.